The molecule has 0 aliphatic carbocycles. The minimum atomic E-state index is -0.645. The lowest BCUT2D eigenvalue weighted by molar-refractivity contribution is -0.122. The lowest BCUT2D eigenvalue weighted by Gasteiger charge is -2.16. The molecule has 0 saturated heterocycles. The van der Waals surface area contributed by atoms with Crippen LogP contribution in [-0.4, -0.2) is 29.3 Å². The van der Waals surface area contributed by atoms with Gasteiger partial charge in [-0.25, -0.2) is 0 Å². The molecular weight excluding hydrogens is 398 g/mol. The molecule has 0 saturated carbocycles. The zero-order chi connectivity index (χ0) is 20.1. The average Bonchev–Trinajstić information content (AvgIpc) is 3.17. The van der Waals surface area contributed by atoms with E-state index in [1.807, 2.05) is 44.2 Å². The first-order valence-corrected chi connectivity index (χ1v) is 9.91. The Labute approximate surface area is 172 Å². The number of nitrogens with zero attached hydrogens (tertiary/aromatic N) is 2. The van der Waals surface area contributed by atoms with Crippen LogP contribution < -0.4 is 14.8 Å². The highest BCUT2D eigenvalue weighted by atomic mass is 35.5. The molecule has 0 aliphatic heterocycles. The maximum Gasteiger partial charge on any atom is 0.267 e. The molecule has 1 atom stereocenters. The third-order valence-electron chi connectivity index (χ3n) is 4.06. The van der Waals surface area contributed by atoms with Crippen molar-refractivity contribution in [2.45, 2.75) is 26.4 Å². The van der Waals surface area contributed by atoms with E-state index in [0.717, 1.165) is 16.9 Å². The number of aromatic nitrogens is 2. The van der Waals surface area contributed by atoms with Crippen LogP contribution in [0.2, 0.25) is 5.02 Å². The van der Waals surface area contributed by atoms with Crippen molar-refractivity contribution in [3.63, 3.8) is 0 Å². The average molecular weight is 418 g/mol. The summed E-state index contributed by atoms with van der Waals surface area (Å²) in [5.74, 6) is 1.09. The summed E-state index contributed by atoms with van der Waals surface area (Å²) in [6.45, 7) is 3.77. The van der Waals surface area contributed by atoms with Crippen LogP contribution in [0.3, 0.4) is 0 Å². The Morgan fingerprint density at radius 1 is 1.18 bits per heavy atom. The van der Waals surface area contributed by atoms with Gasteiger partial charge in [-0.3, -0.25) is 10.1 Å². The monoisotopic (exact) mass is 417 g/mol. The normalized spacial score (nSPS) is 11.7. The van der Waals surface area contributed by atoms with Gasteiger partial charge >= 0.3 is 0 Å². The second-order valence-electron chi connectivity index (χ2n) is 6.06. The van der Waals surface area contributed by atoms with Gasteiger partial charge in [0.25, 0.3) is 5.91 Å². The number of hydrogen-bond donors (Lipinski definition) is 1. The molecule has 0 bridgehead atoms. The zero-order valence-corrected chi connectivity index (χ0v) is 17.3. The number of carbonyl (C=O) groups excluding carboxylic acids is 1. The van der Waals surface area contributed by atoms with E-state index in [1.165, 1.54) is 11.3 Å². The predicted molar refractivity (Wildman–Crippen MR) is 111 cm³/mol. The van der Waals surface area contributed by atoms with Crippen LogP contribution in [-0.2, 0) is 4.79 Å². The molecule has 0 aliphatic rings. The summed E-state index contributed by atoms with van der Waals surface area (Å²) < 4.78 is 11.0. The fourth-order valence-electron chi connectivity index (χ4n) is 2.49. The molecule has 146 valence electrons. The highest BCUT2D eigenvalue weighted by molar-refractivity contribution is 7.18. The van der Waals surface area contributed by atoms with E-state index in [9.17, 15) is 4.79 Å². The Morgan fingerprint density at radius 3 is 2.54 bits per heavy atom. The molecule has 3 aromatic rings. The van der Waals surface area contributed by atoms with Crippen molar-refractivity contribution in [3.05, 3.63) is 53.1 Å². The Bertz CT molecular complexity index is 960. The van der Waals surface area contributed by atoms with E-state index < -0.39 is 6.10 Å². The number of benzene rings is 2. The van der Waals surface area contributed by atoms with Crippen molar-refractivity contribution in [2.75, 3.05) is 12.4 Å². The summed E-state index contributed by atoms with van der Waals surface area (Å²) in [6, 6.07) is 12.8. The van der Waals surface area contributed by atoms with Gasteiger partial charge in [-0.2, -0.15) is 0 Å². The van der Waals surface area contributed by atoms with Gasteiger partial charge in [0.2, 0.25) is 5.13 Å². The number of anilines is 1. The van der Waals surface area contributed by atoms with Gasteiger partial charge in [0, 0.05) is 10.6 Å². The lowest BCUT2D eigenvalue weighted by atomic mass is 10.2. The van der Waals surface area contributed by atoms with Crippen LogP contribution in [0.15, 0.2) is 42.5 Å². The lowest BCUT2D eigenvalue weighted by Crippen LogP contribution is -2.32. The molecule has 0 fully saturated rings. The van der Waals surface area contributed by atoms with Gasteiger partial charge < -0.3 is 9.47 Å². The molecule has 0 radical (unpaired) electrons. The zero-order valence-electron chi connectivity index (χ0n) is 15.7. The highest BCUT2D eigenvalue weighted by Gasteiger charge is 2.20. The Balaban J connectivity index is 1.67. The Hall–Kier alpha value is -2.64. The first kappa shape index (κ1) is 20.1. The first-order chi connectivity index (χ1) is 13.5. The van der Waals surface area contributed by atoms with Crippen LogP contribution >= 0.6 is 22.9 Å². The maximum absolute atomic E-state index is 12.6. The molecule has 28 heavy (non-hydrogen) atoms. The number of carbonyl (C=O) groups is 1. The summed E-state index contributed by atoms with van der Waals surface area (Å²) in [7, 11) is 1.62. The van der Waals surface area contributed by atoms with E-state index in [1.54, 1.807) is 19.2 Å². The van der Waals surface area contributed by atoms with E-state index in [-0.39, 0.29) is 5.91 Å². The number of aryl methyl sites for hydroxylation is 1. The Kier molecular flexibility index (Phi) is 6.49. The minimum Gasteiger partial charge on any atom is -0.497 e. The van der Waals surface area contributed by atoms with Gasteiger partial charge in [0.1, 0.15) is 16.5 Å². The highest BCUT2D eigenvalue weighted by Crippen LogP contribution is 2.28. The number of hydrogen-bond acceptors (Lipinski definition) is 6. The molecular formula is C20H20ClN3O3S. The van der Waals surface area contributed by atoms with E-state index in [4.69, 9.17) is 21.1 Å². The molecule has 1 N–H and O–H groups in total. The summed E-state index contributed by atoms with van der Waals surface area (Å²) in [6.07, 6.45) is -0.133. The summed E-state index contributed by atoms with van der Waals surface area (Å²) >= 11 is 7.33. The molecule has 2 aromatic carbocycles. The minimum absolute atomic E-state index is 0.271. The third kappa shape index (κ3) is 4.79. The van der Waals surface area contributed by atoms with Crippen molar-refractivity contribution < 1.29 is 14.3 Å². The standard InChI is InChI=1S/C20H20ClN3O3S/c1-4-17(27-15-9-10-16(21)12(2)11-15)18(25)22-20-24-23-19(28-20)13-5-7-14(26-3)8-6-13/h5-11,17H,4H2,1-3H3,(H,22,24,25). The quantitative estimate of drug-likeness (QED) is 0.587. The smallest absolute Gasteiger partial charge is 0.267 e. The number of methoxy groups -OCH3 is 1. The molecule has 8 heteroatoms. The van der Waals surface area contributed by atoms with Gasteiger partial charge in [-0.15, -0.1) is 10.2 Å². The number of nitrogens with one attached hydrogen (secondary N) is 1. The number of rotatable bonds is 7. The number of ether oxygens (including phenoxy) is 2. The maximum atomic E-state index is 12.6. The molecule has 0 spiro atoms. The third-order valence-corrected chi connectivity index (χ3v) is 5.37. The molecule has 3 rings (SSSR count). The molecule has 1 aromatic heterocycles. The van der Waals surface area contributed by atoms with Crippen molar-refractivity contribution in [1.29, 1.82) is 0 Å². The van der Waals surface area contributed by atoms with Crippen molar-refractivity contribution in [3.8, 4) is 22.1 Å². The van der Waals surface area contributed by atoms with Gasteiger partial charge in [-0.05, 0) is 61.4 Å². The topological polar surface area (TPSA) is 73.3 Å². The fourth-order valence-corrected chi connectivity index (χ4v) is 3.36. The number of amides is 1. The summed E-state index contributed by atoms with van der Waals surface area (Å²) in [4.78, 5) is 12.6. The summed E-state index contributed by atoms with van der Waals surface area (Å²) in [5, 5.41) is 12.8. The van der Waals surface area contributed by atoms with Gasteiger partial charge in [-0.1, -0.05) is 29.9 Å². The van der Waals surface area contributed by atoms with E-state index >= 15 is 0 Å². The molecule has 1 amide bonds. The van der Waals surface area contributed by atoms with Crippen molar-refractivity contribution >= 4 is 34.0 Å². The molecule has 1 unspecified atom stereocenters. The van der Waals surface area contributed by atoms with Crippen molar-refractivity contribution in [2.24, 2.45) is 0 Å². The Morgan fingerprint density at radius 2 is 1.89 bits per heavy atom. The van der Waals surface area contributed by atoms with Crippen LogP contribution in [0.5, 0.6) is 11.5 Å². The largest absolute Gasteiger partial charge is 0.497 e. The molecule has 1 heterocycles. The van der Waals surface area contributed by atoms with Crippen LogP contribution in [0.1, 0.15) is 18.9 Å². The number of halogens is 1. The summed E-state index contributed by atoms with van der Waals surface area (Å²) in [5.41, 5.74) is 1.79. The van der Waals surface area contributed by atoms with Crippen LogP contribution in [0, 0.1) is 6.92 Å². The van der Waals surface area contributed by atoms with Crippen molar-refractivity contribution in [1.82, 2.24) is 10.2 Å². The molecule has 6 nitrogen and oxygen atoms in total. The van der Waals surface area contributed by atoms with Gasteiger partial charge in [0.15, 0.2) is 6.10 Å². The second kappa shape index (κ2) is 9.03. The first-order valence-electron chi connectivity index (χ1n) is 8.71. The fraction of sp³-hybridized carbons (Fsp3) is 0.250. The van der Waals surface area contributed by atoms with Crippen LogP contribution in [0.4, 0.5) is 5.13 Å². The van der Waals surface area contributed by atoms with E-state index in [2.05, 4.69) is 15.5 Å². The predicted octanol–water partition coefficient (Wildman–Crippen LogP) is 4.97. The second-order valence-corrected chi connectivity index (χ2v) is 7.44. The SMILES string of the molecule is CCC(Oc1ccc(Cl)c(C)c1)C(=O)Nc1nnc(-c2ccc(OC)cc2)s1. The van der Waals surface area contributed by atoms with Crippen LogP contribution in [0.25, 0.3) is 10.6 Å². The van der Waals surface area contributed by atoms with Gasteiger partial charge in [0.05, 0.1) is 7.11 Å². The van der Waals surface area contributed by atoms with E-state index in [0.29, 0.717) is 27.3 Å².